The fraction of sp³-hybridized carbons (Fsp3) is 0.588. The molecule has 1 aromatic rings. The molecule has 1 amide bonds. The van der Waals surface area contributed by atoms with Gasteiger partial charge in [-0.2, -0.15) is 0 Å². The number of fused-ring (bicyclic) bond motifs is 1. The highest BCUT2D eigenvalue weighted by atomic mass is 16.6. The summed E-state index contributed by atoms with van der Waals surface area (Å²) in [7, 11) is 0. The molecule has 122 valence electrons. The fourth-order valence-electron chi connectivity index (χ4n) is 2.43. The summed E-state index contributed by atoms with van der Waals surface area (Å²) in [6, 6.07) is 5.36. The molecule has 1 aromatic carbocycles. The van der Waals surface area contributed by atoms with Gasteiger partial charge in [-0.15, -0.1) is 0 Å². The summed E-state index contributed by atoms with van der Waals surface area (Å²) in [6.45, 7) is 9.48. The first-order chi connectivity index (χ1) is 10.4. The van der Waals surface area contributed by atoms with Crippen LogP contribution in [-0.4, -0.2) is 36.1 Å². The zero-order valence-corrected chi connectivity index (χ0v) is 13.8. The monoisotopic (exact) mass is 306 g/mol. The third kappa shape index (κ3) is 3.53. The second-order valence-electron chi connectivity index (χ2n) is 6.27. The topological polar surface area (TPSA) is 64.8 Å². The Morgan fingerprint density at radius 3 is 2.55 bits per heavy atom. The Labute approximate surface area is 132 Å². The zero-order valence-electron chi connectivity index (χ0n) is 13.8. The lowest BCUT2D eigenvalue weighted by Gasteiger charge is -2.32. The second kappa shape index (κ2) is 7.01. The van der Waals surface area contributed by atoms with Crippen LogP contribution in [0, 0.1) is 5.92 Å². The van der Waals surface area contributed by atoms with Crippen molar-refractivity contribution < 1.29 is 14.3 Å². The van der Waals surface area contributed by atoms with Gasteiger partial charge < -0.3 is 20.1 Å². The molecule has 0 radical (unpaired) electrons. The van der Waals surface area contributed by atoms with Gasteiger partial charge in [0.15, 0.2) is 11.5 Å². The lowest BCUT2D eigenvalue weighted by Crippen LogP contribution is -2.48. The first-order valence-electron chi connectivity index (χ1n) is 7.85. The molecule has 22 heavy (non-hydrogen) atoms. The number of ether oxygens (including phenoxy) is 2. The van der Waals surface area contributed by atoms with E-state index in [1.165, 1.54) is 0 Å². The molecular weight excluding hydrogens is 280 g/mol. The standard InChI is InChI=1S/C17H26N2O3/c1-11(2)15(18)17(20)19(12(3)4)10-13-6-5-7-14-16(13)22-9-8-21-14/h5-7,11-12,15H,8-10,18H2,1-4H3. The van der Waals surface area contributed by atoms with Gasteiger partial charge in [0.2, 0.25) is 5.91 Å². The predicted molar refractivity (Wildman–Crippen MR) is 85.9 cm³/mol. The molecule has 5 heteroatoms. The second-order valence-corrected chi connectivity index (χ2v) is 6.27. The zero-order chi connectivity index (χ0) is 16.3. The van der Waals surface area contributed by atoms with Crippen molar-refractivity contribution in [3.8, 4) is 11.5 Å². The van der Waals surface area contributed by atoms with E-state index in [0.29, 0.717) is 19.8 Å². The van der Waals surface area contributed by atoms with E-state index < -0.39 is 6.04 Å². The van der Waals surface area contributed by atoms with Gasteiger partial charge in [-0.1, -0.05) is 26.0 Å². The SMILES string of the molecule is CC(C)C(N)C(=O)N(Cc1cccc2c1OCCO2)C(C)C. The van der Waals surface area contributed by atoms with E-state index in [-0.39, 0.29) is 17.9 Å². The number of hydrogen-bond acceptors (Lipinski definition) is 4. The normalized spacial score (nSPS) is 15.0. The number of nitrogens with zero attached hydrogens (tertiary/aromatic N) is 1. The van der Waals surface area contributed by atoms with E-state index in [1.54, 1.807) is 4.90 Å². The maximum atomic E-state index is 12.6. The molecule has 1 atom stereocenters. The third-order valence-corrected chi connectivity index (χ3v) is 3.90. The van der Waals surface area contributed by atoms with Gasteiger partial charge in [0.05, 0.1) is 6.04 Å². The largest absolute Gasteiger partial charge is 0.486 e. The molecule has 0 aromatic heterocycles. The maximum absolute atomic E-state index is 12.6. The van der Waals surface area contributed by atoms with Crippen LogP contribution in [0.4, 0.5) is 0 Å². The quantitative estimate of drug-likeness (QED) is 0.905. The van der Waals surface area contributed by atoms with Gasteiger partial charge in [0, 0.05) is 18.2 Å². The molecule has 0 aliphatic carbocycles. The van der Waals surface area contributed by atoms with Crippen molar-refractivity contribution in [3.63, 3.8) is 0 Å². The van der Waals surface area contributed by atoms with Crippen LogP contribution in [0.25, 0.3) is 0 Å². The van der Waals surface area contributed by atoms with Crippen LogP contribution >= 0.6 is 0 Å². The number of para-hydroxylation sites is 1. The van der Waals surface area contributed by atoms with Crippen LogP contribution in [0.15, 0.2) is 18.2 Å². The summed E-state index contributed by atoms with van der Waals surface area (Å²) in [6.07, 6.45) is 0. The van der Waals surface area contributed by atoms with E-state index >= 15 is 0 Å². The molecule has 1 heterocycles. The van der Waals surface area contributed by atoms with Gasteiger partial charge in [0.1, 0.15) is 13.2 Å². The van der Waals surface area contributed by atoms with Crippen molar-refractivity contribution in [2.45, 2.75) is 46.3 Å². The van der Waals surface area contributed by atoms with Crippen LogP contribution in [0.2, 0.25) is 0 Å². The molecule has 2 rings (SSSR count). The van der Waals surface area contributed by atoms with Gasteiger partial charge in [-0.3, -0.25) is 4.79 Å². The molecule has 5 nitrogen and oxygen atoms in total. The molecule has 0 bridgehead atoms. The van der Waals surface area contributed by atoms with Crippen molar-refractivity contribution in [1.29, 1.82) is 0 Å². The molecule has 2 N–H and O–H groups in total. The molecule has 0 saturated carbocycles. The minimum Gasteiger partial charge on any atom is -0.486 e. The number of carbonyl (C=O) groups excluding carboxylic acids is 1. The summed E-state index contributed by atoms with van der Waals surface area (Å²) < 4.78 is 11.3. The van der Waals surface area contributed by atoms with E-state index in [9.17, 15) is 4.79 Å². The Bertz CT molecular complexity index is 529. The lowest BCUT2D eigenvalue weighted by atomic mass is 10.0. The average Bonchev–Trinajstić information content (AvgIpc) is 2.50. The van der Waals surface area contributed by atoms with Crippen LogP contribution in [-0.2, 0) is 11.3 Å². The smallest absolute Gasteiger partial charge is 0.240 e. The van der Waals surface area contributed by atoms with Crippen molar-refractivity contribution in [2.24, 2.45) is 11.7 Å². The van der Waals surface area contributed by atoms with Crippen LogP contribution in [0.1, 0.15) is 33.3 Å². The highest BCUT2D eigenvalue weighted by Gasteiger charge is 2.27. The summed E-state index contributed by atoms with van der Waals surface area (Å²) in [5.74, 6) is 1.57. The van der Waals surface area contributed by atoms with Gasteiger partial charge in [-0.05, 0) is 25.8 Å². The highest BCUT2D eigenvalue weighted by molar-refractivity contribution is 5.82. The molecule has 0 saturated heterocycles. The van der Waals surface area contributed by atoms with Crippen molar-refractivity contribution in [2.75, 3.05) is 13.2 Å². The van der Waals surface area contributed by atoms with Crippen LogP contribution in [0.5, 0.6) is 11.5 Å². The third-order valence-electron chi connectivity index (χ3n) is 3.90. The van der Waals surface area contributed by atoms with E-state index in [4.69, 9.17) is 15.2 Å². The van der Waals surface area contributed by atoms with Crippen LogP contribution < -0.4 is 15.2 Å². The number of amides is 1. The molecule has 0 spiro atoms. The van der Waals surface area contributed by atoms with Gasteiger partial charge in [0.25, 0.3) is 0 Å². The molecule has 0 fully saturated rings. The van der Waals surface area contributed by atoms with Gasteiger partial charge >= 0.3 is 0 Å². The molecule has 1 unspecified atom stereocenters. The lowest BCUT2D eigenvalue weighted by molar-refractivity contribution is -0.136. The molecular formula is C17H26N2O3. The van der Waals surface area contributed by atoms with Crippen LogP contribution in [0.3, 0.4) is 0 Å². The number of hydrogen-bond donors (Lipinski definition) is 1. The van der Waals surface area contributed by atoms with Crippen molar-refractivity contribution >= 4 is 5.91 Å². The summed E-state index contributed by atoms with van der Waals surface area (Å²) in [5, 5.41) is 0. The Hall–Kier alpha value is -1.75. The maximum Gasteiger partial charge on any atom is 0.240 e. The summed E-state index contributed by atoms with van der Waals surface area (Å²) in [5.41, 5.74) is 7.00. The Balaban J connectivity index is 2.24. The first-order valence-corrected chi connectivity index (χ1v) is 7.85. The van der Waals surface area contributed by atoms with E-state index in [2.05, 4.69) is 0 Å². The fourth-order valence-corrected chi connectivity index (χ4v) is 2.43. The van der Waals surface area contributed by atoms with Crippen molar-refractivity contribution in [3.05, 3.63) is 23.8 Å². The number of nitrogens with two attached hydrogens (primary N) is 1. The Kier molecular flexibility index (Phi) is 5.29. The summed E-state index contributed by atoms with van der Waals surface area (Å²) in [4.78, 5) is 14.4. The van der Waals surface area contributed by atoms with Gasteiger partial charge in [-0.25, -0.2) is 0 Å². The molecule has 1 aliphatic heterocycles. The Morgan fingerprint density at radius 2 is 1.91 bits per heavy atom. The van der Waals surface area contributed by atoms with E-state index in [1.807, 2.05) is 45.9 Å². The molecule has 1 aliphatic rings. The number of carbonyl (C=O) groups is 1. The minimum atomic E-state index is -0.487. The first kappa shape index (κ1) is 16.6. The number of benzene rings is 1. The van der Waals surface area contributed by atoms with Crippen molar-refractivity contribution in [1.82, 2.24) is 4.90 Å². The summed E-state index contributed by atoms with van der Waals surface area (Å²) >= 11 is 0. The predicted octanol–water partition coefficient (Wildman–Crippen LogP) is 2.18. The Morgan fingerprint density at radius 1 is 1.23 bits per heavy atom. The van der Waals surface area contributed by atoms with E-state index in [0.717, 1.165) is 17.1 Å². The average molecular weight is 306 g/mol. The highest BCUT2D eigenvalue weighted by Crippen LogP contribution is 2.34. The minimum absolute atomic E-state index is 0.0284. The number of rotatable bonds is 5.